The molecule has 1 aliphatic heterocycles. The Labute approximate surface area is 109 Å². The van der Waals surface area contributed by atoms with Crippen LogP contribution in [0.5, 0.6) is 0 Å². The normalized spacial score (nSPS) is 28.4. The van der Waals surface area contributed by atoms with Gasteiger partial charge in [0.15, 0.2) is 0 Å². The van der Waals surface area contributed by atoms with E-state index in [0.29, 0.717) is 12.0 Å². The summed E-state index contributed by atoms with van der Waals surface area (Å²) in [7, 11) is 0. The maximum atomic E-state index is 5.54. The van der Waals surface area contributed by atoms with Crippen LogP contribution in [0.15, 0.2) is 10.7 Å². The Balaban J connectivity index is 1.77. The van der Waals surface area contributed by atoms with E-state index in [9.17, 15) is 0 Å². The molecule has 2 fully saturated rings. The summed E-state index contributed by atoms with van der Waals surface area (Å²) < 4.78 is 6.40. The number of halogens is 1. The highest BCUT2D eigenvalue weighted by atomic mass is 79.9. The van der Waals surface area contributed by atoms with Gasteiger partial charge in [0.2, 0.25) is 0 Å². The predicted molar refractivity (Wildman–Crippen MR) is 69.1 cm³/mol. The van der Waals surface area contributed by atoms with Crippen molar-refractivity contribution < 1.29 is 4.74 Å². The highest BCUT2D eigenvalue weighted by Crippen LogP contribution is 2.38. The second-order valence-corrected chi connectivity index (χ2v) is 5.64. The molecular formula is C12H16BrN3O. The number of ether oxygens (including phenoxy) is 1. The molecule has 2 heterocycles. The van der Waals surface area contributed by atoms with E-state index in [4.69, 9.17) is 4.74 Å². The van der Waals surface area contributed by atoms with E-state index in [1.165, 1.54) is 12.8 Å². The van der Waals surface area contributed by atoms with Gasteiger partial charge in [-0.3, -0.25) is 0 Å². The molecule has 92 valence electrons. The maximum Gasteiger partial charge on any atom is 0.135 e. The summed E-state index contributed by atoms with van der Waals surface area (Å²) >= 11 is 3.45. The summed E-state index contributed by atoms with van der Waals surface area (Å²) in [6.07, 6.45) is 3.74. The molecule has 5 heteroatoms. The van der Waals surface area contributed by atoms with Crippen molar-refractivity contribution in [1.29, 1.82) is 0 Å². The summed E-state index contributed by atoms with van der Waals surface area (Å²) in [6, 6.07) is 2.31. The Hall–Kier alpha value is -0.680. The fourth-order valence-corrected chi connectivity index (χ4v) is 2.54. The van der Waals surface area contributed by atoms with Gasteiger partial charge < -0.3 is 10.1 Å². The van der Waals surface area contributed by atoms with Gasteiger partial charge in [-0.05, 0) is 42.1 Å². The number of nitrogens with one attached hydrogen (secondary N) is 1. The van der Waals surface area contributed by atoms with Gasteiger partial charge in [0.1, 0.15) is 16.2 Å². The van der Waals surface area contributed by atoms with Crippen LogP contribution < -0.4 is 5.32 Å². The van der Waals surface area contributed by atoms with Crippen molar-refractivity contribution in [2.45, 2.75) is 44.2 Å². The fourth-order valence-electron chi connectivity index (χ4n) is 2.14. The zero-order chi connectivity index (χ0) is 11.8. The lowest BCUT2D eigenvalue weighted by Gasteiger charge is -2.17. The lowest BCUT2D eigenvalue weighted by Crippen LogP contribution is -2.27. The minimum Gasteiger partial charge on any atom is -0.376 e. The second-order valence-electron chi connectivity index (χ2n) is 4.82. The third-order valence-corrected chi connectivity index (χ3v) is 3.77. The van der Waals surface area contributed by atoms with Crippen LogP contribution in [0.3, 0.4) is 0 Å². The summed E-state index contributed by atoms with van der Waals surface area (Å²) in [5, 5.41) is 3.45. The first-order valence-electron chi connectivity index (χ1n) is 6.15. The number of hydrogen-bond donors (Lipinski definition) is 1. The Kier molecular flexibility index (Phi) is 3.04. The summed E-state index contributed by atoms with van der Waals surface area (Å²) in [4.78, 5) is 9.01. The van der Waals surface area contributed by atoms with Crippen molar-refractivity contribution in [3.8, 4) is 0 Å². The molecule has 2 unspecified atom stereocenters. The molecule has 2 aliphatic rings. The van der Waals surface area contributed by atoms with Crippen molar-refractivity contribution in [3.05, 3.63) is 16.5 Å². The largest absolute Gasteiger partial charge is 0.376 e. The van der Waals surface area contributed by atoms with Crippen LogP contribution in [0.1, 0.15) is 37.9 Å². The van der Waals surface area contributed by atoms with Gasteiger partial charge in [-0.15, -0.1) is 0 Å². The molecule has 1 saturated carbocycles. The van der Waals surface area contributed by atoms with Gasteiger partial charge >= 0.3 is 0 Å². The predicted octanol–water partition coefficient (Wildman–Crippen LogP) is 2.71. The molecule has 1 aromatic heterocycles. The zero-order valence-corrected chi connectivity index (χ0v) is 11.4. The van der Waals surface area contributed by atoms with Crippen LogP contribution >= 0.6 is 15.9 Å². The van der Waals surface area contributed by atoms with E-state index in [1.54, 1.807) is 0 Å². The minimum absolute atomic E-state index is 0.258. The molecule has 0 amide bonds. The maximum absolute atomic E-state index is 5.54. The summed E-state index contributed by atoms with van der Waals surface area (Å²) in [5.74, 6) is 2.45. The van der Waals surface area contributed by atoms with Gasteiger partial charge in [0, 0.05) is 18.6 Å². The molecule has 0 spiro atoms. The fraction of sp³-hybridized carbons (Fsp3) is 0.667. The van der Waals surface area contributed by atoms with E-state index in [0.717, 1.165) is 29.3 Å². The molecule has 1 aromatic rings. The first-order chi connectivity index (χ1) is 8.22. The SMILES string of the molecule is CC1OCCC1Nc1cc(Br)nc(C2CC2)n1. The van der Waals surface area contributed by atoms with E-state index in [2.05, 4.69) is 38.1 Å². The standard InChI is InChI=1S/C12H16BrN3O/c1-7-9(4-5-17-7)14-11-6-10(13)15-12(16-11)8-2-3-8/h6-9H,2-5H2,1H3,(H,14,15,16). The third-order valence-electron chi connectivity index (χ3n) is 3.36. The molecule has 2 atom stereocenters. The molecule has 1 N–H and O–H groups in total. The molecular weight excluding hydrogens is 282 g/mol. The van der Waals surface area contributed by atoms with Gasteiger partial charge in [0.25, 0.3) is 0 Å². The van der Waals surface area contributed by atoms with E-state index in [1.807, 2.05) is 6.07 Å². The highest BCUT2D eigenvalue weighted by molar-refractivity contribution is 9.10. The monoisotopic (exact) mass is 297 g/mol. The van der Waals surface area contributed by atoms with Crippen molar-refractivity contribution >= 4 is 21.7 Å². The van der Waals surface area contributed by atoms with Crippen molar-refractivity contribution in [2.75, 3.05) is 11.9 Å². The summed E-state index contributed by atoms with van der Waals surface area (Å²) in [6.45, 7) is 2.93. The van der Waals surface area contributed by atoms with Crippen molar-refractivity contribution in [1.82, 2.24) is 9.97 Å². The molecule has 0 radical (unpaired) electrons. The van der Waals surface area contributed by atoms with Crippen LogP contribution in [-0.2, 0) is 4.74 Å². The number of anilines is 1. The van der Waals surface area contributed by atoms with E-state index >= 15 is 0 Å². The lowest BCUT2D eigenvalue weighted by atomic mass is 10.1. The molecule has 4 nitrogen and oxygen atoms in total. The van der Waals surface area contributed by atoms with Gasteiger partial charge in [-0.25, -0.2) is 9.97 Å². The average molecular weight is 298 g/mol. The van der Waals surface area contributed by atoms with E-state index in [-0.39, 0.29) is 6.10 Å². The van der Waals surface area contributed by atoms with Crippen LogP contribution in [0.2, 0.25) is 0 Å². The van der Waals surface area contributed by atoms with Crippen LogP contribution in [0.25, 0.3) is 0 Å². The van der Waals surface area contributed by atoms with Crippen molar-refractivity contribution in [2.24, 2.45) is 0 Å². The van der Waals surface area contributed by atoms with Gasteiger partial charge in [-0.2, -0.15) is 0 Å². The zero-order valence-electron chi connectivity index (χ0n) is 9.82. The first kappa shape index (κ1) is 11.4. The Morgan fingerprint density at radius 1 is 1.35 bits per heavy atom. The smallest absolute Gasteiger partial charge is 0.135 e. The molecule has 3 rings (SSSR count). The molecule has 1 aliphatic carbocycles. The average Bonchev–Trinajstić information content (AvgIpc) is 3.05. The quantitative estimate of drug-likeness (QED) is 0.872. The van der Waals surface area contributed by atoms with E-state index < -0.39 is 0 Å². The molecule has 0 bridgehead atoms. The van der Waals surface area contributed by atoms with Crippen molar-refractivity contribution in [3.63, 3.8) is 0 Å². The number of rotatable bonds is 3. The Morgan fingerprint density at radius 3 is 2.82 bits per heavy atom. The number of aromatic nitrogens is 2. The topological polar surface area (TPSA) is 47.0 Å². The third kappa shape index (κ3) is 2.60. The second kappa shape index (κ2) is 4.53. The highest BCUT2D eigenvalue weighted by Gasteiger charge is 2.28. The molecule has 17 heavy (non-hydrogen) atoms. The van der Waals surface area contributed by atoms with Gasteiger partial charge in [0.05, 0.1) is 12.1 Å². The first-order valence-corrected chi connectivity index (χ1v) is 6.94. The molecule has 0 aromatic carbocycles. The van der Waals surface area contributed by atoms with Crippen LogP contribution in [-0.4, -0.2) is 28.7 Å². The van der Waals surface area contributed by atoms with Crippen LogP contribution in [0.4, 0.5) is 5.82 Å². The Bertz CT molecular complexity index is 422. The molecule has 1 saturated heterocycles. The minimum atomic E-state index is 0.258. The lowest BCUT2D eigenvalue weighted by molar-refractivity contribution is 0.121. The van der Waals surface area contributed by atoms with Crippen LogP contribution in [0, 0.1) is 0 Å². The van der Waals surface area contributed by atoms with Gasteiger partial charge in [-0.1, -0.05) is 0 Å². The summed E-state index contributed by atoms with van der Waals surface area (Å²) in [5.41, 5.74) is 0. The number of hydrogen-bond acceptors (Lipinski definition) is 4. The Morgan fingerprint density at radius 2 is 2.18 bits per heavy atom. The number of nitrogens with zero attached hydrogens (tertiary/aromatic N) is 2.